The van der Waals surface area contributed by atoms with Crippen LogP contribution in [-0.4, -0.2) is 71.1 Å². The van der Waals surface area contributed by atoms with Crippen LogP contribution in [0.3, 0.4) is 0 Å². The van der Waals surface area contributed by atoms with Crippen LogP contribution in [0.2, 0.25) is 5.02 Å². The SMILES string of the molecule is COC(=O)[C@@H](c1ccccc1Cl)N1CCN(S(=O)(=O)c2cc(OC)c(OC)cc2F)CC1. The van der Waals surface area contributed by atoms with Crippen molar-refractivity contribution in [2.75, 3.05) is 47.5 Å². The van der Waals surface area contributed by atoms with E-state index in [0.29, 0.717) is 10.6 Å². The summed E-state index contributed by atoms with van der Waals surface area (Å²) in [4.78, 5) is 13.8. The van der Waals surface area contributed by atoms with E-state index >= 15 is 0 Å². The minimum Gasteiger partial charge on any atom is -0.493 e. The van der Waals surface area contributed by atoms with Crippen molar-refractivity contribution in [1.29, 1.82) is 0 Å². The Morgan fingerprint density at radius 1 is 1.03 bits per heavy atom. The monoisotopic (exact) mass is 486 g/mol. The summed E-state index contributed by atoms with van der Waals surface area (Å²) in [5, 5.41) is 0.408. The first-order chi connectivity index (χ1) is 15.2. The number of sulfonamides is 1. The summed E-state index contributed by atoms with van der Waals surface area (Å²) in [6.07, 6.45) is 0. The van der Waals surface area contributed by atoms with Gasteiger partial charge in [-0.2, -0.15) is 4.31 Å². The van der Waals surface area contributed by atoms with Gasteiger partial charge in [0.1, 0.15) is 16.8 Å². The number of rotatable bonds is 7. The largest absolute Gasteiger partial charge is 0.493 e. The molecule has 1 aliphatic rings. The molecule has 0 bridgehead atoms. The van der Waals surface area contributed by atoms with Gasteiger partial charge in [0.25, 0.3) is 0 Å². The molecule has 0 aliphatic carbocycles. The minimum absolute atomic E-state index is 0.0497. The van der Waals surface area contributed by atoms with Crippen LogP contribution in [0.15, 0.2) is 41.3 Å². The van der Waals surface area contributed by atoms with Crippen molar-refractivity contribution in [2.45, 2.75) is 10.9 Å². The van der Waals surface area contributed by atoms with E-state index in [4.69, 9.17) is 25.8 Å². The Morgan fingerprint density at radius 2 is 1.62 bits per heavy atom. The second kappa shape index (κ2) is 10.0. The first kappa shape index (κ1) is 24.2. The molecule has 2 aromatic rings. The van der Waals surface area contributed by atoms with Gasteiger partial charge in [0.15, 0.2) is 11.5 Å². The highest BCUT2D eigenvalue weighted by atomic mass is 35.5. The van der Waals surface area contributed by atoms with E-state index in [0.717, 1.165) is 12.1 Å². The molecule has 0 saturated carbocycles. The molecule has 1 atom stereocenters. The van der Waals surface area contributed by atoms with Crippen LogP contribution in [0.25, 0.3) is 0 Å². The highest BCUT2D eigenvalue weighted by molar-refractivity contribution is 7.89. The van der Waals surface area contributed by atoms with Gasteiger partial charge in [0, 0.05) is 43.3 Å². The maximum atomic E-state index is 14.6. The summed E-state index contributed by atoms with van der Waals surface area (Å²) < 4.78 is 57.1. The number of ether oxygens (including phenoxy) is 3. The Balaban J connectivity index is 1.84. The number of benzene rings is 2. The van der Waals surface area contributed by atoms with Gasteiger partial charge < -0.3 is 14.2 Å². The van der Waals surface area contributed by atoms with E-state index in [9.17, 15) is 17.6 Å². The maximum Gasteiger partial charge on any atom is 0.327 e. The Hall–Kier alpha value is -2.40. The summed E-state index contributed by atoms with van der Waals surface area (Å²) in [6, 6.07) is 8.22. The summed E-state index contributed by atoms with van der Waals surface area (Å²) in [5.74, 6) is -1.24. The lowest BCUT2D eigenvalue weighted by Gasteiger charge is -2.37. The molecule has 1 fully saturated rings. The zero-order valence-corrected chi connectivity index (χ0v) is 19.5. The number of methoxy groups -OCH3 is 3. The van der Waals surface area contributed by atoms with Gasteiger partial charge in [0.05, 0.1) is 21.3 Å². The van der Waals surface area contributed by atoms with E-state index in [1.807, 2.05) is 0 Å². The molecular weight excluding hydrogens is 463 g/mol. The Kier molecular flexibility index (Phi) is 7.60. The average molecular weight is 487 g/mol. The summed E-state index contributed by atoms with van der Waals surface area (Å²) in [5.41, 5.74) is 0.572. The summed E-state index contributed by atoms with van der Waals surface area (Å²) in [7, 11) is -0.185. The number of carbonyl (C=O) groups is 1. The number of halogens is 2. The molecule has 0 unspecified atom stereocenters. The van der Waals surface area contributed by atoms with Gasteiger partial charge in [-0.05, 0) is 11.6 Å². The van der Waals surface area contributed by atoms with Crippen molar-refractivity contribution in [3.05, 3.63) is 52.8 Å². The molecule has 0 amide bonds. The van der Waals surface area contributed by atoms with E-state index in [2.05, 4.69) is 0 Å². The molecule has 1 saturated heterocycles. The molecule has 3 rings (SSSR count). The molecular formula is C21H24ClFN2O6S. The van der Waals surface area contributed by atoms with E-state index in [1.54, 1.807) is 29.2 Å². The topological polar surface area (TPSA) is 85.4 Å². The number of hydrogen-bond acceptors (Lipinski definition) is 7. The molecule has 1 heterocycles. The smallest absolute Gasteiger partial charge is 0.327 e. The van der Waals surface area contributed by atoms with Gasteiger partial charge in [-0.1, -0.05) is 29.8 Å². The van der Waals surface area contributed by atoms with Crippen molar-refractivity contribution in [1.82, 2.24) is 9.21 Å². The first-order valence-electron chi connectivity index (χ1n) is 9.72. The Morgan fingerprint density at radius 3 is 2.19 bits per heavy atom. The third kappa shape index (κ3) is 4.68. The standard InChI is InChI=1S/C21H24ClFN2O6S/c1-29-17-12-16(23)19(13-18(17)30-2)32(27,28)25-10-8-24(9-11-25)20(21(26)31-3)14-6-4-5-7-15(14)22/h4-7,12-13,20H,8-11H2,1-3H3/t20-/m1/s1. The normalized spacial score (nSPS) is 16.4. The average Bonchev–Trinajstić information content (AvgIpc) is 2.80. The molecule has 32 heavy (non-hydrogen) atoms. The molecule has 11 heteroatoms. The molecule has 1 aliphatic heterocycles. The summed E-state index contributed by atoms with van der Waals surface area (Å²) >= 11 is 6.29. The highest BCUT2D eigenvalue weighted by Gasteiger charge is 2.37. The van der Waals surface area contributed by atoms with Crippen molar-refractivity contribution in [2.24, 2.45) is 0 Å². The predicted molar refractivity (Wildman–Crippen MR) is 116 cm³/mol. The van der Waals surface area contributed by atoms with Crippen molar-refractivity contribution < 1.29 is 31.8 Å². The van der Waals surface area contributed by atoms with Gasteiger partial charge in [0.2, 0.25) is 10.0 Å². The molecule has 174 valence electrons. The third-order valence-electron chi connectivity index (χ3n) is 5.32. The first-order valence-corrected chi connectivity index (χ1v) is 11.5. The lowest BCUT2D eigenvalue weighted by Crippen LogP contribution is -2.51. The van der Waals surface area contributed by atoms with Crippen molar-refractivity contribution in [3.8, 4) is 11.5 Å². The Labute approximate surface area is 191 Å². The second-order valence-electron chi connectivity index (χ2n) is 7.02. The predicted octanol–water partition coefficient (Wildman–Crippen LogP) is 2.72. The van der Waals surface area contributed by atoms with Crippen LogP contribution >= 0.6 is 11.6 Å². The van der Waals surface area contributed by atoms with Crippen LogP contribution in [-0.2, 0) is 19.6 Å². The van der Waals surface area contributed by atoms with Crippen LogP contribution in [0, 0.1) is 5.82 Å². The fourth-order valence-corrected chi connectivity index (χ4v) is 5.38. The number of hydrogen-bond donors (Lipinski definition) is 0. The zero-order chi connectivity index (χ0) is 23.5. The van der Waals surface area contributed by atoms with Gasteiger partial charge in [-0.25, -0.2) is 17.6 Å². The fourth-order valence-electron chi connectivity index (χ4n) is 3.66. The lowest BCUT2D eigenvalue weighted by atomic mass is 10.0. The number of nitrogens with zero attached hydrogens (tertiary/aromatic N) is 2. The fraction of sp³-hybridized carbons (Fsp3) is 0.381. The molecule has 0 N–H and O–H groups in total. The van der Waals surface area contributed by atoms with E-state index in [-0.39, 0.29) is 37.7 Å². The molecule has 2 aromatic carbocycles. The van der Waals surface area contributed by atoms with Crippen LogP contribution < -0.4 is 9.47 Å². The molecule has 0 aromatic heterocycles. The Bertz CT molecular complexity index is 1090. The van der Waals surface area contributed by atoms with Crippen molar-refractivity contribution >= 4 is 27.6 Å². The molecule has 0 spiro atoms. The van der Waals surface area contributed by atoms with E-state index < -0.39 is 32.7 Å². The minimum atomic E-state index is -4.14. The third-order valence-corrected chi connectivity index (χ3v) is 7.58. The second-order valence-corrected chi connectivity index (χ2v) is 9.34. The lowest BCUT2D eigenvalue weighted by molar-refractivity contribution is -0.147. The molecule has 0 radical (unpaired) electrons. The number of esters is 1. The van der Waals surface area contributed by atoms with Crippen LogP contribution in [0.1, 0.15) is 11.6 Å². The highest BCUT2D eigenvalue weighted by Crippen LogP contribution is 2.34. The van der Waals surface area contributed by atoms with E-state index in [1.165, 1.54) is 25.6 Å². The maximum absolute atomic E-state index is 14.6. The number of carbonyl (C=O) groups excluding carboxylic acids is 1. The van der Waals surface area contributed by atoms with Crippen LogP contribution in [0.4, 0.5) is 4.39 Å². The van der Waals surface area contributed by atoms with Gasteiger partial charge >= 0.3 is 5.97 Å². The summed E-state index contributed by atoms with van der Waals surface area (Å²) in [6.45, 7) is 0.542. The quantitative estimate of drug-likeness (QED) is 0.556. The zero-order valence-electron chi connectivity index (χ0n) is 17.9. The van der Waals surface area contributed by atoms with Gasteiger partial charge in [-0.3, -0.25) is 4.90 Å². The van der Waals surface area contributed by atoms with Crippen molar-refractivity contribution in [3.63, 3.8) is 0 Å². The van der Waals surface area contributed by atoms with Crippen LogP contribution in [0.5, 0.6) is 11.5 Å². The van der Waals surface area contributed by atoms with Gasteiger partial charge in [-0.15, -0.1) is 0 Å². The molecule has 8 nitrogen and oxygen atoms in total. The number of piperazine rings is 1.